The molecule has 1 atom stereocenters. The van der Waals surface area contributed by atoms with Gasteiger partial charge in [-0.15, -0.1) is 0 Å². The van der Waals surface area contributed by atoms with Gasteiger partial charge in [0, 0.05) is 0 Å². The Bertz CT molecular complexity index is 184. The molecule has 2 rings (SSSR count). The molecule has 0 amide bonds. The first-order valence-corrected chi connectivity index (χ1v) is 6.04. The van der Waals surface area contributed by atoms with Crippen LogP contribution < -0.4 is 0 Å². The van der Waals surface area contributed by atoms with Gasteiger partial charge in [-0.05, 0) is 50.9 Å². The Hall–Kier alpha value is -0.260. The summed E-state index contributed by atoms with van der Waals surface area (Å²) in [5.74, 6) is 2.01. The summed E-state index contributed by atoms with van der Waals surface area (Å²) in [4.78, 5) is 0. The molecule has 0 aromatic carbocycles. The summed E-state index contributed by atoms with van der Waals surface area (Å²) in [5.41, 5.74) is 1.71. The second-order valence-corrected chi connectivity index (χ2v) is 4.88. The van der Waals surface area contributed by atoms with E-state index in [2.05, 4.69) is 13.0 Å². The van der Waals surface area contributed by atoms with E-state index in [0.29, 0.717) is 0 Å². The highest BCUT2D eigenvalue weighted by atomic mass is 14.3. The lowest BCUT2D eigenvalue weighted by Crippen LogP contribution is -2.20. The first-order valence-electron chi connectivity index (χ1n) is 6.04. The number of allylic oxidation sites excluding steroid dienone is 2. The Balaban J connectivity index is 1.97. The maximum atomic E-state index is 2.49. The predicted molar refractivity (Wildman–Crippen MR) is 57.7 cm³/mol. The maximum absolute atomic E-state index is 2.49. The maximum Gasteiger partial charge on any atom is -0.0178 e. The van der Waals surface area contributed by atoms with Gasteiger partial charge < -0.3 is 0 Å². The zero-order valence-electron chi connectivity index (χ0n) is 8.89. The monoisotopic (exact) mass is 178 g/mol. The summed E-state index contributed by atoms with van der Waals surface area (Å²) in [6, 6.07) is 0. The molecule has 0 saturated heterocycles. The van der Waals surface area contributed by atoms with E-state index in [1.807, 2.05) is 0 Å². The molecular weight excluding hydrogens is 156 g/mol. The minimum Gasteiger partial charge on any atom is -0.0853 e. The van der Waals surface area contributed by atoms with E-state index in [1.54, 1.807) is 5.57 Å². The van der Waals surface area contributed by atoms with Crippen molar-refractivity contribution in [3.63, 3.8) is 0 Å². The van der Waals surface area contributed by atoms with Gasteiger partial charge in [0.05, 0.1) is 0 Å². The van der Waals surface area contributed by atoms with Gasteiger partial charge in [0.1, 0.15) is 0 Å². The molecular formula is C13H22. The van der Waals surface area contributed by atoms with E-state index >= 15 is 0 Å². The third-order valence-corrected chi connectivity index (χ3v) is 3.99. The average Bonchev–Trinajstić information content (AvgIpc) is 2.20. The molecule has 2 aliphatic carbocycles. The number of hydrogen-bond donors (Lipinski definition) is 0. The summed E-state index contributed by atoms with van der Waals surface area (Å²) >= 11 is 0. The Morgan fingerprint density at radius 3 is 2.46 bits per heavy atom. The standard InChI is InChI=1S/C13H22/c1-11-7-5-6-10-13(11)12-8-3-2-4-9-12/h7,12-13H,2-6,8-10H2,1H3. The fourth-order valence-corrected chi connectivity index (χ4v) is 3.19. The molecule has 0 spiro atoms. The molecule has 74 valence electrons. The van der Waals surface area contributed by atoms with Crippen LogP contribution in [0.25, 0.3) is 0 Å². The van der Waals surface area contributed by atoms with Gasteiger partial charge in [-0.1, -0.05) is 30.9 Å². The third kappa shape index (κ3) is 2.15. The largest absolute Gasteiger partial charge is 0.0853 e. The van der Waals surface area contributed by atoms with Gasteiger partial charge in [0.25, 0.3) is 0 Å². The van der Waals surface area contributed by atoms with E-state index in [1.165, 1.54) is 51.4 Å². The molecule has 0 heteroatoms. The molecule has 0 nitrogen and oxygen atoms in total. The number of hydrogen-bond acceptors (Lipinski definition) is 0. The van der Waals surface area contributed by atoms with Gasteiger partial charge in [-0.25, -0.2) is 0 Å². The molecule has 1 fully saturated rings. The molecule has 2 aliphatic rings. The smallest absolute Gasteiger partial charge is 0.0178 e. The van der Waals surface area contributed by atoms with Crippen LogP contribution in [-0.4, -0.2) is 0 Å². The Morgan fingerprint density at radius 2 is 1.77 bits per heavy atom. The lowest BCUT2D eigenvalue weighted by atomic mass is 9.73. The third-order valence-electron chi connectivity index (χ3n) is 3.99. The molecule has 0 aliphatic heterocycles. The average molecular weight is 178 g/mol. The molecule has 13 heavy (non-hydrogen) atoms. The second-order valence-electron chi connectivity index (χ2n) is 4.88. The quantitative estimate of drug-likeness (QED) is 0.525. The van der Waals surface area contributed by atoms with Crippen molar-refractivity contribution in [1.82, 2.24) is 0 Å². The highest BCUT2D eigenvalue weighted by Gasteiger charge is 2.25. The van der Waals surface area contributed by atoms with Gasteiger partial charge >= 0.3 is 0 Å². The van der Waals surface area contributed by atoms with Crippen molar-refractivity contribution in [2.45, 2.75) is 58.3 Å². The second kappa shape index (κ2) is 4.30. The van der Waals surface area contributed by atoms with Crippen molar-refractivity contribution >= 4 is 0 Å². The molecule has 0 N–H and O–H groups in total. The molecule has 0 bridgehead atoms. The molecule has 1 unspecified atom stereocenters. The summed E-state index contributed by atoms with van der Waals surface area (Å²) in [6.45, 7) is 2.36. The molecule has 0 aromatic heterocycles. The molecule has 0 heterocycles. The van der Waals surface area contributed by atoms with Gasteiger partial charge in [0.15, 0.2) is 0 Å². The summed E-state index contributed by atoms with van der Waals surface area (Å²) in [7, 11) is 0. The van der Waals surface area contributed by atoms with Crippen LogP contribution in [0.1, 0.15) is 58.3 Å². The van der Waals surface area contributed by atoms with Crippen LogP contribution in [0, 0.1) is 11.8 Å². The van der Waals surface area contributed by atoms with Crippen molar-refractivity contribution in [2.24, 2.45) is 11.8 Å². The topological polar surface area (TPSA) is 0 Å². The highest BCUT2D eigenvalue weighted by Crippen LogP contribution is 2.38. The SMILES string of the molecule is CC1=CCCCC1C1CCCCC1. The zero-order valence-corrected chi connectivity index (χ0v) is 8.89. The van der Waals surface area contributed by atoms with Gasteiger partial charge in [0.2, 0.25) is 0 Å². The van der Waals surface area contributed by atoms with E-state index < -0.39 is 0 Å². The van der Waals surface area contributed by atoms with Crippen LogP contribution >= 0.6 is 0 Å². The highest BCUT2D eigenvalue weighted by molar-refractivity contribution is 5.08. The lowest BCUT2D eigenvalue weighted by Gasteiger charge is -2.33. The Labute approximate surface area is 82.4 Å². The predicted octanol–water partition coefficient (Wildman–Crippen LogP) is 4.31. The van der Waals surface area contributed by atoms with E-state index in [-0.39, 0.29) is 0 Å². The van der Waals surface area contributed by atoms with Crippen molar-refractivity contribution < 1.29 is 0 Å². The van der Waals surface area contributed by atoms with Crippen LogP contribution in [0.15, 0.2) is 11.6 Å². The zero-order chi connectivity index (χ0) is 9.10. The van der Waals surface area contributed by atoms with E-state index in [9.17, 15) is 0 Å². The molecule has 0 radical (unpaired) electrons. The van der Waals surface area contributed by atoms with Crippen molar-refractivity contribution in [1.29, 1.82) is 0 Å². The Morgan fingerprint density at radius 1 is 1.00 bits per heavy atom. The fraction of sp³-hybridized carbons (Fsp3) is 0.846. The van der Waals surface area contributed by atoms with E-state index in [0.717, 1.165) is 11.8 Å². The normalized spacial score (nSPS) is 31.5. The van der Waals surface area contributed by atoms with Gasteiger partial charge in [-0.2, -0.15) is 0 Å². The van der Waals surface area contributed by atoms with Crippen LogP contribution in [0.3, 0.4) is 0 Å². The van der Waals surface area contributed by atoms with Crippen LogP contribution in [0.2, 0.25) is 0 Å². The number of rotatable bonds is 1. The summed E-state index contributed by atoms with van der Waals surface area (Å²) < 4.78 is 0. The first kappa shape index (κ1) is 9.30. The molecule has 1 saturated carbocycles. The minimum atomic E-state index is 0.967. The van der Waals surface area contributed by atoms with Crippen LogP contribution in [0.4, 0.5) is 0 Å². The summed E-state index contributed by atoms with van der Waals surface area (Å²) in [6.07, 6.45) is 14.3. The minimum absolute atomic E-state index is 0.967. The van der Waals surface area contributed by atoms with E-state index in [4.69, 9.17) is 0 Å². The van der Waals surface area contributed by atoms with Crippen molar-refractivity contribution in [3.05, 3.63) is 11.6 Å². The fourth-order valence-electron chi connectivity index (χ4n) is 3.19. The summed E-state index contributed by atoms with van der Waals surface area (Å²) in [5, 5.41) is 0. The first-order chi connectivity index (χ1) is 6.38. The molecule has 0 aromatic rings. The van der Waals surface area contributed by atoms with Crippen LogP contribution in [-0.2, 0) is 0 Å². The van der Waals surface area contributed by atoms with Crippen molar-refractivity contribution in [3.8, 4) is 0 Å². The van der Waals surface area contributed by atoms with Crippen LogP contribution in [0.5, 0.6) is 0 Å². The lowest BCUT2D eigenvalue weighted by molar-refractivity contribution is 0.256. The Kier molecular flexibility index (Phi) is 3.08. The van der Waals surface area contributed by atoms with Crippen molar-refractivity contribution in [2.75, 3.05) is 0 Å². The van der Waals surface area contributed by atoms with Gasteiger partial charge in [-0.3, -0.25) is 0 Å².